The average molecular weight is 199 g/mol. The lowest BCUT2D eigenvalue weighted by Crippen LogP contribution is -2.54. The molecule has 1 aliphatic heterocycles. The number of hydrogen-bond acceptors (Lipinski definition) is 3. The van der Waals surface area contributed by atoms with Crippen molar-refractivity contribution >= 4 is 0 Å². The summed E-state index contributed by atoms with van der Waals surface area (Å²) in [7, 11) is 1.79. The molecule has 82 valence electrons. The van der Waals surface area contributed by atoms with Gasteiger partial charge in [0.2, 0.25) is 0 Å². The first-order valence-electron chi connectivity index (χ1n) is 5.65. The summed E-state index contributed by atoms with van der Waals surface area (Å²) in [5.41, 5.74) is 0. The summed E-state index contributed by atoms with van der Waals surface area (Å²) in [5, 5.41) is 9.77. The van der Waals surface area contributed by atoms with Gasteiger partial charge in [-0.3, -0.25) is 4.90 Å². The van der Waals surface area contributed by atoms with Crippen molar-refractivity contribution in [1.29, 1.82) is 0 Å². The van der Waals surface area contributed by atoms with Crippen LogP contribution in [0, 0.1) is 5.92 Å². The molecule has 1 N–H and O–H groups in total. The van der Waals surface area contributed by atoms with Crippen LogP contribution in [0.4, 0.5) is 0 Å². The maximum absolute atomic E-state index is 9.77. The predicted octanol–water partition coefficient (Wildman–Crippen LogP) is 0.866. The van der Waals surface area contributed by atoms with Crippen molar-refractivity contribution in [2.45, 2.75) is 44.4 Å². The molecule has 1 saturated carbocycles. The number of methoxy groups -OCH3 is 1. The van der Waals surface area contributed by atoms with Crippen LogP contribution in [-0.2, 0) is 4.74 Å². The fraction of sp³-hybridized carbons (Fsp3) is 1.00. The molecule has 0 unspecified atom stereocenters. The Balaban J connectivity index is 1.78. The lowest BCUT2D eigenvalue weighted by molar-refractivity contribution is -0.0615. The van der Waals surface area contributed by atoms with E-state index in [0.29, 0.717) is 18.1 Å². The van der Waals surface area contributed by atoms with Crippen molar-refractivity contribution in [3.05, 3.63) is 0 Å². The van der Waals surface area contributed by atoms with Gasteiger partial charge in [0, 0.05) is 19.7 Å². The van der Waals surface area contributed by atoms with Crippen molar-refractivity contribution in [3.8, 4) is 0 Å². The number of ether oxygens (including phenoxy) is 1. The number of piperidine rings is 1. The predicted molar refractivity (Wildman–Crippen MR) is 55.2 cm³/mol. The van der Waals surface area contributed by atoms with Gasteiger partial charge in [-0.2, -0.15) is 0 Å². The molecule has 2 fully saturated rings. The van der Waals surface area contributed by atoms with E-state index < -0.39 is 0 Å². The quantitative estimate of drug-likeness (QED) is 0.716. The Morgan fingerprint density at radius 3 is 2.64 bits per heavy atom. The summed E-state index contributed by atoms with van der Waals surface area (Å²) >= 11 is 0. The Morgan fingerprint density at radius 2 is 2.07 bits per heavy atom. The van der Waals surface area contributed by atoms with E-state index in [9.17, 15) is 5.11 Å². The number of likely N-dealkylation sites (tertiary alicyclic amines) is 1. The van der Waals surface area contributed by atoms with Crippen LogP contribution in [-0.4, -0.2) is 48.5 Å². The maximum Gasteiger partial charge on any atom is 0.0693 e. The zero-order valence-electron chi connectivity index (χ0n) is 9.15. The number of hydrogen-bond donors (Lipinski definition) is 1. The van der Waals surface area contributed by atoms with Crippen LogP contribution in [0.5, 0.6) is 0 Å². The van der Waals surface area contributed by atoms with E-state index in [0.717, 1.165) is 32.4 Å². The molecular weight excluding hydrogens is 178 g/mol. The van der Waals surface area contributed by atoms with Crippen molar-refractivity contribution in [2.24, 2.45) is 5.92 Å². The minimum atomic E-state index is -0.120. The number of rotatable bonds is 2. The van der Waals surface area contributed by atoms with Gasteiger partial charge in [0.25, 0.3) is 0 Å². The second kappa shape index (κ2) is 4.17. The molecule has 2 rings (SSSR count). The Labute approximate surface area is 86.0 Å². The normalized spacial score (nSPS) is 44.8. The molecule has 2 atom stereocenters. The summed E-state index contributed by atoms with van der Waals surface area (Å²) in [6.07, 6.45) is 3.78. The fourth-order valence-corrected chi connectivity index (χ4v) is 2.43. The molecule has 14 heavy (non-hydrogen) atoms. The molecule has 2 aliphatic rings. The average Bonchev–Trinajstić information content (AvgIpc) is 2.09. The van der Waals surface area contributed by atoms with Gasteiger partial charge in [-0.25, -0.2) is 0 Å². The fourth-order valence-electron chi connectivity index (χ4n) is 2.43. The zero-order chi connectivity index (χ0) is 10.1. The van der Waals surface area contributed by atoms with Crippen molar-refractivity contribution in [2.75, 3.05) is 20.2 Å². The third-order valence-corrected chi connectivity index (χ3v) is 3.87. The van der Waals surface area contributed by atoms with Gasteiger partial charge in [0.15, 0.2) is 0 Å². The van der Waals surface area contributed by atoms with E-state index in [2.05, 4.69) is 11.8 Å². The van der Waals surface area contributed by atoms with Gasteiger partial charge < -0.3 is 9.84 Å². The maximum atomic E-state index is 9.77. The zero-order valence-corrected chi connectivity index (χ0v) is 9.15. The van der Waals surface area contributed by atoms with E-state index >= 15 is 0 Å². The molecule has 0 bridgehead atoms. The van der Waals surface area contributed by atoms with Gasteiger partial charge in [0.05, 0.1) is 12.2 Å². The van der Waals surface area contributed by atoms with Gasteiger partial charge in [-0.05, 0) is 31.7 Å². The van der Waals surface area contributed by atoms with Crippen LogP contribution in [0.25, 0.3) is 0 Å². The first-order chi connectivity index (χ1) is 6.70. The van der Waals surface area contributed by atoms with E-state index in [1.165, 1.54) is 0 Å². The third kappa shape index (κ3) is 1.95. The SMILES string of the molecule is CO[C@H]1C[C@H](N2CC[C@@H](C)[C@H](O)C2)C1. The monoisotopic (exact) mass is 199 g/mol. The number of aliphatic hydroxyl groups is 1. The Bertz CT molecular complexity index is 192. The minimum Gasteiger partial charge on any atom is -0.392 e. The smallest absolute Gasteiger partial charge is 0.0693 e. The summed E-state index contributed by atoms with van der Waals surface area (Å²) < 4.78 is 5.27. The summed E-state index contributed by atoms with van der Waals surface area (Å²) in [5.74, 6) is 0.476. The van der Waals surface area contributed by atoms with Gasteiger partial charge >= 0.3 is 0 Å². The van der Waals surface area contributed by atoms with Crippen LogP contribution >= 0.6 is 0 Å². The van der Waals surface area contributed by atoms with Crippen molar-refractivity contribution in [3.63, 3.8) is 0 Å². The first kappa shape index (κ1) is 10.4. The summed E-state index contributed by atoms with van der Waals surface area (Å²) in [4.78, 5) is 2.43. The van der Waals surface area contributed by atoms with E-state index in [-0.39, 0.29) is 6.10 Å². The van der Waals surface area contributed by atoms with Crippen LogP contribution in [0.2, 0.25) is 0 Å². The van der Waals surface area contributed by atoms with Crippen molar-refractivity contribution < 1.29 is 9.84 Å². The lowest BCUT2D eigenvalue weighted by atomic mass is 9.85. The molecule has 1 aliphatic carbocycles. The van der Waals surface area contributed by atoms with E-state index in [1.54, 1.807) is 7.11 Å². The highest BCUT2D eigenvalue weighted by molar-refractivity contribution is 4.91. The molecule has 1 heterocycles. The summed E-state index contributed by atoms with van der Waals surface area (Å²) in [6, 6.07) is 0.669. The molecule has 1 saturated heterocycles. The first-order valence-corrected chi connectivity index (χ1v) is 5.65. The third-order valence-electron chi connectivity index (χ3n) is 3.87. The highest BCUT2D eigenvalue weighted by atomic mass is 16.5. The molecule has 0 radical (unpaired) electrons. The standard InChI is InChI=1S/C11H21NO2/c1-8-3-4-12(7-11(8)13)9-5-10(6-9)14-2/h8-11,13H,3-7H2,1-2H3/t8-,9-,10-,11-/m1/s1. The van der Waals surface area contributed by atoms with Gasteiger partial charge in [0.1, 0.15) is 0 Å². The highest BCUT2D eigenvalue weighted by Gasteiger charge is 2.36. The molecule has 0 aromatic heterocycles. The summed E-state index contributed by atoms with van der Waals surface area (Å²) in [6.45, 7) is 4.16. The van der Waals surface area contributed by atoms with Crippen molar-refractivity contribution in [1.82, 2.24) is 4.90 Å². The van der Waals surface area contributed by atoms with Gasteiger partial charge in [-0.15, -0.1) is 0 Å². The molecule has 0 spiro atoms. The van der Waals surface area contributed by atoms with Crippen LogP contribution < -0.4 is 0 Å². The molecule has 0 aromatic rings. The topological polar surface area (TPSA) is 32.7 Å². The second-order valence-corrected chi connectivity index (χ2v) is 4.81. The molecule has 0 amide bonds. The number of β-amino-alcohol motifs (C(OH)–C–C–N with tert-alkyl or cyclic N) is 1. The molecule has 0 aromatic carbocycles. The van der Waals surface area contributed by atoms with Crippen LogP contribution in [0.3, 0.4) is 0 Å². The number of aliphatic hydroxyl groups excluding tert-OH is 1. The van der Waals surface area contributed by atoms with Crippen LogP contribution in [0.15, 0.2) is 0 Å². The van der Waals surface area contributed by atoms with Gasteiger partial charge in [-0.1, -0.05) is 6.92 Å². The highest BCUT2D eigenvalue weighted by Crippen LogP contribution is 2.30. The Hall–Kier alpha value is -0.120. The second-order valence-electron chi connectivity index (χ2n) is 4.81. The van der Waals surface area contributed by atoms with Crippen LogP contribution in [0.1, 0.15) is 26.2 Å². The Kier molecular flexibility index (Phi) is 3.10. The number of nitrogens with zero attached hydrogens (tertiary/aromatic N) is 1. The molecular formula is C11H21NO2. The Morgan fingerprint density at radius 1 is 1.36 bits per heavy atom. The minimum absolute atomic E-state index is 0.120. The van der Waals surface area contributed by atoms with E-state index in [1.807, 2.05) is 0 Å². The molecule has 3 heteroatoms. The molecule has 3 nitrogen and oxygen atoms in total. The van der Waals surface area contributed by atoms with E-state index in [4.69, 9.17) is 4.74 Å². The largest absolute Gasteiger partial charge is 0.392 e. The lowest BCUT2D eigenvalue weighted by Gasteiger charge is -2.46.